The molecular weight excluding hydrogens is 402 g/mol. The molecule has 0 atom stereocenters. The van der Waals surface area contributed by atoms with Crippen LogP contribution in [-0.2, 0) is 17.9 Å². The van der Waals surface area contributed by atoms with E-state index in [1.807, 2.05) is 18.5 Å². The Morgan fingerprint density at radius 2 is 1.94 bits per heavy atom. The van der Waals surface area contributed by atoms with Gasteiger partial charge >= 0.3 is 0 Å². The van der Waals surface area contributed by atoms with Crippen LogP contribution in [0.5, 0.6) is 0 Å². The minimum absolute atomic E-state index is 0.124. The number of benzene rings is 1. The lowest BCUT2D eigenvalue weighted by molar-refractivity contribution is -0.122. The SMILES string of the molecule is CCCNC(=O)CN1CCC(NC(=NCc2nccn2Cc2ccccc2)NCC)CC1. The first-order valence-electron chi connectivity index (χ1n) is 11.8. The van der Waals surface area contributed by atoms with Gasteiger partial charge in [0, 0.05) is 51.2 Å². The average molecular weight is 440 g/mol. The second kappa shape index (κ2) is 12.9. The molecule has 32 heavy (non-hydrogen) atoms. The number of carbonyl (C=O) groups is 1. The Morgan fingerprint density at radius 3 is 2.66 bits per heavy atom. The van der Waals surface area contributed by atoms with Gasteiger partial charge in [0.15, 0.2) is 5.96 Å². The molecule has 3 rings (SSSR count). The summed E-state index contributed by atoms with van der Waals surface area (Å²) in [4.78, 5) is 23.5. The standard InChI is InChI=1S/C24H37N7O/c1-3-12-27-23(32)19-30-14-10-21(11-15-30)29-24(25-4-2)28-17-22-26-13-16-31(22)18-20-8-6-5-7-9-20/h5-9,13,16,21H,3-4,10-12,14-15,17-19H2,1-2H3,(H,27,32)(H2,25,28,29). The van der Waals surface area contributed by atoms with Gasteiger partial charge < -0.3 is 20.5 Å². The molecule has 0 unspecified atom stereocenters. The van der Waals surface area contributed by atoms with Crippen LogP contribution in [-0.4, -0.2) is 65.1 Å². The molecule has 0 bridgehead atoms. The van der Waals surface area contributed by atoms with Gasteiger partial charge in [0.25, 0.3) is 0 Å². The van der Waals surface area contributed by atoms with E-state index in [2.05, 4.69) is 68.5 Å². The smallest absolute Gasteiger partial charge is 0.234 e. The molecule has 0 aliphatic carbocycles. The van der Waals surface area contributed by atoms with Crippen molar-refractivity contribution in [2.75, 3.05) is 32.7 Å². The van der Waals surface area contributed by atoms with Crippen LogP contribution in [0.15, 0.2) is 47.7 Å². The Balaban J connectivity index is 1.50. The summed E-state index contributed by atoms with van der Waals surface area (Å²) in [6.45, 7) is 9.33. The number of hydrogen-bond donors (Lipinski definition) is 3. The second-order valence-electron chi connectivity index (χ2n) is 8.20. The van der Waals surface area contributed by atoms with Gasteiger partial charge in [-0.15, -0.1) is 0 Å². The van der Waals surface area contributed by atoms with Crippen LogP contribution in [0.2, 0.25) is 0 Å². The number of likely N-dealkylation sites (tertiary alicyclic amines) is 1. The molecule has 0 spiro atoms. The normalized spacial score (nSPS) is 15.5. The third kappa shape index (κ3) is 7.67. The minimum atomic E-state index is 0.124. The van der Waals surface area contributed by atoms with Crippen LogP contribution >= 0.6 is 0 Å². The summed E-state index contributed by atoms with van der Waals surface area (Å²) in [5.41, 5.74) is 1.25. The van der Waals surface area contributed by atoms with E-state index in [-0.39, 0.29) is 5.91 Å². The summed E-state index contributed by atoms with van der Waals surface area (Å²) in [5, 5.41) is 9.88. The average Bonchev–Trinajstić information content (AvgIpc) is 3.25. The van der Waals surface area contributed by atoms with Crippen molar-refractivity contribution in [1.29, 1.82) is 0 Å². The Bertz CT molecular complexity index is 841. The molecular formula is C24H37N7O. The highest BCUT2D eigenvalue weighted by molar-refractivity contribution is 5.80. The van der Waals surface area contributed by atoms with Gasteiger partial charge in [0.2, 0.25) is 5.91 Å². The van der Waals surface area contributed by atoms with Crippen LogP contribution in [0.3, 0.4) is 0 Å². The number of aromatic nitrogens is 2. The molecule has 174 valence electrons. The summed E-state index contributed by atoms with van der Waals surface area (Å²) in [5.74, 6) is 1.89. The molecule has 1 amide bonds. The lowest BCUT2D eigenvalue weighted by Gasteiger charge is -2.32. The number of piperidine rings is 1. The lowest BCUT2D eigenvalue weighted by Crippen LogP contribution is -2.50. The van der Waals surface area contributed by atoms with E-state index in [0.29, 0.717) is 19.1 Å². The molecule has 3 N–H and O–H groups in total. The number of carbonyl (C=O) groups excluding carboxylic acids is 1. The highest BCUT2D eigenvalue weighted by atomic mass is 16.2. The maximum Gasteiger partial charge on any atom is 0.234 e. The number of nitrogens with zero attached hydrogens (tertiary/aromatic N) is 4. The Kier molecular flexibility index (Phi) is 9.56. The summed E-state index contributed by atoms with van der Waals surface area (Å²) in [7, 11) is 0. The fourth-order valence-electron chi connectivity index (χ4n) is 3.84. The third-order valence-electron chi connectivity index (χ3n) is 5.59. The zero-order valence-corrected chi connectivity index (χ0v) is 19.4. The lowest BCUT2D eigenvalue weighted by atomic mass is 10.1. The van der Waals surface area contributed by atoms with E-state index in [1.54, 1.807) is 0 Å². The minimum Gasteiger partial charge on any atom is -0.357 e. The van der Waals surface area contributed by atoms with Gasteiger partial charge in [-0.1, -0.05) is 37.3 Å². The third-order valence-corrected chi connectivity index (χ3v) is 5.59. The number of nitrogens with one attached hydrogen (secondary N) is 3. The number of hydrogen-bond acceptors (Lipinski definition) is 4. The Morgan fingerprint density at radius 1 is 1.16 bits per heavy atom. The summed E-state index contributed by atoms with van der Waals surface area (Å²) in [6, 6.07) is 10.7. The van der Waals surface area contributed by atoms with E-state index in [1.165, 1.54) is 5.56 Å². The molecule has 8 heteroatoms. The largest absolute Gasteiger partial charge is 0.357 e. The summed E-state index contributed by atoms with van der Waals surface area (Å²) < 4.78 is 2.14. The molecule has 2 heterocycles. The van der Waals surface area contributed by atoms with E-state index in [9.17, 15) is 4.79 Å². The zero-order valence-electron chi connectivity index (χ0n) is 19.4. The van der Waals surface area contributed by atoms with Crippen molar-refractivity contribution in [1.82, 2.24) is 30.4 Å². The van der Waals surface area contributed by atoms with Crippen molar-refractivity contribution in [2.24, 2.45) is 4.99 Å². The topological polar surface area (TPSA) is 86.6 Å². The highest BCUT2D eigenvalue weighted by Gasteiger charge is 2.21. The first-order chi connectivity index (χ1) is 15.7. The van der Waals surface area contributed by atoms with Crippen LogP contribution in [0.25, 0.3) is 0 Å². The fourth-order valence-corrected chi connectivity index (χ4v) is 3.84. The van der Waals surface area contributed by atoms with Crippen molar-refractivity contribution in [3.05, 3.63) is 54.1 Å². The van der Waals surface area contributed by atoms with E-state index < -0.39 is 0 Å². The van der Waals surface area contributed by atoms with Crippen LogP contribution in [0.4, 0.5) is 0 Å². The van der Waals surface area contributed by atoms with E-state index >= 15 is 0 Å². The number of imidazole rings is 1. The van der Waals surface area contributed by atoms with Crippen molar-refractivity contribution in [3.63, 3.8) is 0 Å². The number of guanidine groups is 1. The summed E-state index contributed by atoms with van der Waals surface area (Å²) in [6.07, 6.45) is 6.80. The second-order valence-corrected chi connectivity index (χ2v) is 8.20. The molecule has 1 fully saturated rings. The predicted molar refractivity (Wildman–Crippen MR) is 128 cm³/mol. The quantitative estimate of drug-likeness (QED) is 0.389. The van der Waals surface area contributed by atoms with Gasteiger partial charge in [-0.3, -0.25) is 9.69 Å². The maximum absolute atomic E-state index is 11.9. The first kappa shape index (κ1) is 23.8. The Labute approximate surface area is 191 Å². The molecule has 2 aromatic rings. The number of aliphatic imine (C=N–C) groups is 1. The summed E-state index contributed by atoms with van der Waals surface area (Å²) >= 11 is 0. The van der Waals surface area contributed by atoms with Crippen molar-refractivity contribution in [2.45, 2.75) is 52.2 Å². The number of rotatable bonds is 10. The molecule has 1 aliphatic heterocycles. The van der Waals surface area contributed by atoms with Gasteiger partial charge in [0.05, 0.1) is 6.54 Å². The molecule has 1 aromatic carbocycles. The van der Waals surface area contributed by atoms with Crippen molar-refractivity contribution in [3.8, 4) is 0 Å². The zero-order chi connectivity index (χ0) is 22.6. The van der Waals surface area contributed by atoms with Crippen molar-refractivity contribution >= 4 is 11.9 Å². The Hall–Kier alpha value is -2.87. The van der Waals surface area contributed by atoms with Gasteiger partial charge in [-0.2, -0.15) is 0 Å². The maximum atomic E-state index is 11.9. The molecule has 1 aromatic heterocycles. The highest BCUT2D eigenvalue weighted by Crippen LogP contribution is 2.10. The van der Waals surface area contributed by atoms with Gasteiger partial charge in [-0.05, 0) is 31.7 Å². The fraction of sp³-hybridized carbons (Fsp3) is 0.542. The molecule has 0 saturated carbocycles. The number of amides is 1. The van der Waals surface area contributed by atoms with Crippen LogP contribution < -0.4 is 16.0 Å². The molecule has 8 nitrogen and oxygen atoms in total. The predicted octanol–water partition coefficient (Wildman–Crippen LogP) is 1.98. The van der Waals surface area contributed by atoms with Gasteiger partial charge in [0.1, 0.15) is 12.4 Å². The van der Waals surface area contributed by atoms with Gasteiger partial charge in [-0.25, -0.2) is 9.98 Å². The van der Waals surface area contributed by atoms with Crippen LogP contribution in [0, 0.1) is 0 Å². The van der Waals surface area contributed by atoms with E-state index in [4.69, 9.17) is 4.99 Å². The van der Waals surface area contributed by atoms with E-state index in [0.717, 1.165) is 63.8 Å². The van der Waals surface area contributed by atoms with Crippen molar-refractivity contribution < 1.29 is 4.79 Å². The van der Waals surface area contributed by atoms with Crippen LogP contribution in [0.1, 0.15) is 44.5 Å². The first-order valence-corrected chi connectivity index (χ1v) is 11.8. The molecule has 1 aliphatic rings. The molecule has 1 saturated heterocycles. The monoisotopic (exact) mass is 439 g/mol. The molecule has 0 radical (unpaired) electrons.